The van der Waals surface area contributed by atoms with Gasteiger partial charge in [-0.25, -0.2) is 0 Å². The Morgan fingerprint density at radius 2 is 1.64 bits per heavy atom. The molecule has 76 valence electrons. The third kappa shape index (κ3) is 2.69. The molecule has 0 atom stereocenters. The Bertz CT molecular complexity index is 338. The molecule has 0 saturated heterocycles. The molecule has 1 nitrogen and oxygen atoms in total. The molecule has 0 aliphatic heterocycles. The van der Waals surface area contributed by atoms with E-state index in [0.717, 1.165) is 11.4 Å². The lowest BCUT2D eigenvalue weighted by Crippen LogP contribution is -2.11. The van der Waals surface area contributed by atoms with Crippen LogP contribution in [0, 0.1) is 0 Å². The van der Waals surface area contributed by atoms with Gasteiger partial charge in [0.2, 0.25) is 0 Å². The van der Waals surface area contributed by atoms with Gasteiger partial charge >= 0.3 is 0 Å². The highest BCUT2D eigenvalue weighted by Crippen LogP contribution is 2.31. The minimum absolute atomic E-state index is 0.162. The second-order valence-corrected chi connectivity index (χ2v) is 4.83. The topological polar surface area (TPSA) is 12.4 Å². The van der Waals surface area contributed by atoms with Crippen molar-refractivity contribution < 1.29 is 0 Å². The number of hydrogen-bond donors (Lipinski definition) is 0. The zero-order chi connectivity index (χ0) is 10.8. The van der Waals surface area contributed by atoms with Crippen LogP contribution in [0.5, 0.6) is 0 Å². The van der Waals surface area contributed by atoms with Crippen molar-refractivity contribution in [2.45, 2.75) is 40.0 Å². The van der Waals surface area contributed by atoms with Crippen LogP contribution in [0.2, 0.25) is 0 Å². The number of benzene rings is 1. The third-order valence-corrected chi connectivity index (χ3v) is 2.06. The van der Waals surface area contributed by atoms with Gasteiger partial charge < -0.3 is 0 Å². The Kier molecular flexibility index (Phi) is 3.10. The average Bonchev–Trinajstić information content (AvgIpc) is 2.01. The zero-order valence-electron chi connectivity index (χ0n) is 9.76. The van der Waals surface area contributed by atoms with Gasteiger partial charge in [-0.2, -0.15) is 0 Å². The molecule has 0 aromatic heterocycles. The lowest BCUT2D eigenvalue weighted by atomic mass is 9.86. The van der Waals surface area contributed by atoms with Crippen molar-refractivity contribution in [3.05, 3.63) is 29.8 Å². The Hall–Kier alpha value is -1.11. The molecular weight excluding hydrogens is 170 g/mol. The summed E-state index contributed by atoms with van der Waals surface area (Å²) >= 11 is 0. The van der Waals surface area contributed by atoms with Gasteiger partial charge in [-0.05, 0) is 30.9 Å². The van der Waals surface area contributed by atoms with E-state index in [-0.39, 0.29) is 5.41 Å². The Morgan fingerprint density at radius 1 is 1.07 bits per heavy atom. The smallest absolute Gasteiger partial charge is 0.0666 e. The maximum absolute atomic E-state index is 4.54. The lowest BCUT2D eigenvalue weighted by molar-refractivity contribution is 0.591. The molecule has 0 bridgehead atoms. The second kappa shape index (κ2) is 3.95. The molecule has 0 amide bonds. The van der Waals surface area contributed by atoms with E-state index in [2.05, 4.69) is 44.0 Å². The van der Waals surface area contributed by atoms with Gasteiger partial charge in [0.15, 0.2) is 0 Å². The van der Waals surface area contributed by atoms with Crippen molar-refractivity contribution in [2.24, 2.45) is 4.99 Å². The van der Waals surface area contributed by atoms with E-state index in [1.807, 2.05) is 19.9 Å². The second-order valence-electron chi connectivity index (χ2n) is 4.83. The Morgan fingerprint density at radius 3 is 2.14 bits per heavy atom. The molecule has 1 aromatic carbocycles. The van der Waals surface area contributed by atoms with Crippen LogP contribution in [-0.4, -0.2) is 5.71 Å². The van der Waals surface area contributed by atoms with Crippen LogP contribution in [0.25, 0.3) is 0 Å². The molecule has 0 spiro atoms. The Balaban J connectivity index is 3.24. The summed E-state index contributed by atoms with van der Waals surface area (Å²) in [5.74, 6) is 0. The third-order valence-electron chi connectivity index (χ3n) is 2.06. The van der Waals surface area contributed by atoms with Crippen molar-refractivity contribution in [3.8, 4) is 0 Å². The highest BCUT2D eigenvalue weighted by molar-refractivity contribution is 5.82. The van der Waals surface area contributed by atoms with Crippen LogP contribution >= 0.6 is 0 Å². The maximum atomic E-state index is 4.54. The molecule has 0 radical (unpaired) electrons. The first-order valence-corrected chi connectivity index (χ1v) is 5.02. The predicted octanol–water partition coefficient (Wildman–Crippen LogP) is 4.10. The summed E-state index contributed by atoms with van der Waals surface area (Å²) in [7, 11) is 0. The molecular formula is C13H19N. The van der Waals surface area contributed by atoms with Crippen LogP contribution < -0.4 is 0 Å². The molecule has 0 unspecified atom stereocenters. The van der Waals surface area contributed by atoms with Crippen LogP contribution in [-0.2, 0) is 5.41 Å². The molecule has 0 saturated carbocycles. The van der Waals surface area contributed by atoms with Gasteiger partial charge in [-0.3, -0.25) is 4.99 Å². The first-order valence-electron chi connectivity index (χ1n) is 5.02. The van der Waals surface area contributed by atoms with Crippen LogP contribution in [0.3, 0.4) is 0 Å². The molecule has 0 aliphatic rings. The van der Waals surface area contributed by atoms with E-state index < -0.39 is 0 Å². The van der Waals surface area contributed by atoms with Gasteiger partial charge in [0.05, 0.1) is 5.69 Å². The lowest BCUT2D eigenvalue weighted by Gasteiger charge is -2.21. The normalized spacial score (nSPS) is 11.2. The van der Waals surface area contributed by atoms with Crippen molar-refractivity contribution in [2.75, 3.05) is 0 Å². The summed E-state index contributed by atoms with van der Waals surface area (Å²) in [5, 5.41) is 0. The quantitative estimate of drug-likeness (QED) is 0.590. The maximum Gasteiger partial charge on any atom is 0.0666 e. The van der Waals surface area contributed by atoms with E-state index in [1.54, 1.807) is 0 Å². The van der Waals surface area contributed by atoms with Crippen molar-refractivity contribution in [3.63, 3.8) is 0 Å². The van der Waals surface area contributed by atoms with Crippen LogP contribution in [0.4, 0.5) is 5.69 Å². The number of rotatable bonds is 1. The first-order chi connectivity index (χ1) is 6.41. The Labute approximate surface area is 86.9 Å². The van der Waals surface area contributed by atoms with E-state index in [0.29, 0.717) is 0 Å². The zero-order valence-corrected chi connectivity index (χ0v) is 9.76. The summed E-state index contributed by atoms with van der Waals surface area (Å²) in [6.45, 7) is 10.7. The number of aliphatic imine (C=N–C) groups is 1. The molecule has 1 rings (SSSR count). The largest absolute Gasteiger partial charge is 0.258 e. The van der Waals surface area contributed by atoms with Gasteiger partial charge in [0.1, 0.15) is 0 Å². The molecule has 1 heteroatoms. The monoisotopic (exact) mass is 189 g/mol. The minimum atomic E-state index is 0.162. The number of hydrogen-bond acceptors (Lipinski definition) is 1. The SMILES string of the molecule is CC(C)=Nc1ccccc1C(C)(C)C. The fourth-order valence-electron chi connectivity index (χ4n) is 1.45. The summed E-state index contributed by atoms with van der Waals surface area (Å²) in [6.07, 6.45) is 0. The fraction of sp³-hybridized carbons (Fsp3) is 0.462. The highest BCUT2D eigenvalue weighted by atomic mass is 14.7. The first kappa shape index (κ1) is 11.0. The van der Waals surface area contributed by atoms with Crippen LogP contribution in [0.15, 0.2) is 29.3 Å². The standard InChI is InChI=1S/C13H19N/c1-10(2)14-12-9-7-6-8-11(12)13(3,4)5/h6-9H,1-5H3. The van der Waals surface area contributed by atoms with E-state index in [9.17, 15) is 0 Å². The van der Waals surface area contributed by atoms with E-state index >= 15 is 0 Å². The molecule has 0 N–H and O–H groups in total. The van der Waals surface area contributed by atoms with Crippen LogP contribution in [0.1, 0.15) is 40.2 Å². The van der Waals surface area contributed by atoms with Gasteiger partial charge in [-0.1, -0.05) is 39.0 Å². The highest BCUT2D eigenvalue weighted by Gasteiger charge is 2.16. The van der Waals surface area contributed by atoms with Gasteiger partial charge in [-0.15, -0.1) is 0 Å². The van der Waals surface area contributed by atoms with Gasteiger partial charge in [0, 0.05) is 5.71 Å². The summed E-state index contributed by atoms with van der Waals surface area (Å²) in [6, 6.07) is 8.34. The number of nitrogens with zero attached hydrogens (tertiary/aromatic N) is 1. The van der Waals surface area contributed by atoms with Crippen molar-refractivity contribution >= 4 is 11.4 Å². The minimum Gasteiger partial charge on any atom is -0.258 e. The average molecular weight is 189 g/mol. The van der Waals surface area contributed by atoms with E-state index in [1.165, 1.54) is 5.56 Å². The van der Waals surface area contributed by atoms with Crippen molar-refractivity contribution in [1.29, 1.82) is 0 Å². The van der Waals surface area contributed by atoms with E-state index in [4.69, 9.17) is 0 Å². The molecule has 1 aromatic rings. The van der Waals surface area contributed by atoms with Gasteiger partial charge in [0.25, 0.3) is 0 Å². The predicted molar refractivity (Wildman–Crippen MR) is 63.6 cm³/mol. The summed E-state index contributed by atoms with van der Waals surface area (Å²) < 4.78 is 0. The fourth-order valence-corrected chi connectivity index (χ4v) is 1.45. The number of para-hydroxylation sites is 1. The summed E-state index contributed by atoms with van der Waals surface area (Å²) in [5.41, 5.74) is 3.66. The molecule has 14 heavy (non-hydrogen) atoms. The molecule has 0 heterocycles. The summed E-state index contributed by atoms with van der Waals surface area (Å²) in [4.78, 5) is 4.54. The molecule has 0 fully saturated rings. The van der Waals surface area contributed by atoms with Crippen molar-refractivity contribution in [1.82, 2.24) is 0 Å². The molecule has 0 aliphatic carbocycles.